The molecule has 0 N–H and O–H groups in total. The zero-order valence-corrected chi connectivity index (χ0v) is 16.1. The number of carbonyl (C=O) groups excluding carboxylic acids is 1. The van der Waals surface area contributed by atoms with Crippen molar-refractivity contribution in [3.8, 4) is 5.75 Å². The maximum atomic E-state index is 12.7. The van der Waals surface area contributed by atoms with Crippen LogP contribution in [0.4, 0.5) is 5.69 Å². The summed E-state index contributed by atoms with van der Waals surface area (Å²) in [6.45, 7) is 4.10. The van der Waals surface area contributed by atoms with Gasteiger partial charge in [0.25, 0.3) is 0 Å². The van der Waals surface area contributed by atoms with Crippen molar-refractivity contribution in [3.63, 3.8) is 0 Å². The van der Waals surface area contributed by atoms with Gasteiger partial charge in [-0.3, -0.25) is 4.79 Å². The number of allylic oxidation sites excluding steroid dienone is 1. The molecule has 4 nitrogen and oxygen atoms in total. The fraction of sp³-hybridized carbons (Fsp3) is 0.318. The molecule has 0 aromatic heterocycles. The average Bonchev–Trinajstić information content (AvgIpc) is 2.74. The maximum absolute atomic E-state index is 12.7. The van der Waals surface area contributed by atoms with Crippen molar-refractivity contribution < 1.29 is 14.2 Å². The summed E-state index contributed by atoms with van der Waals surface area (Å²) in [5.74, 6) is 1.29. The molecule has 27 heavy (non-hydrogen) atoms. The molecule has 1 heterocycles. The highest BCUT2D eigenvalue weighted by molar-refractivity contribution is 6.27. The van der Waals surface area contributed by atoms with E-state index in [9.17, 15) is 4.79 Å². The van der Waals surface area contributed by atoms with Crippen molar-refractivity contribution in [3.05, 3.63) is 65.7 Å². The Morgan fingerprint density at radius 3 is 2.19 bits per heavy atom. The molecule has 2 aromatic rings. The quantitative estimate of drug-likeness (QED) is 0.318. The van der Waals surface area contributed by atoms with Crippen LogP contribution in [-0.2, 0) is 4.65 Å². The van der Waals surface area contributed by atoms with E-state index in [1.54, 1.807) is 13.2 Å². The van der Waals surface area contributed by atoms with Crippen molar-refractivity contribution in [1.82, 2.24) is 0 Å². The second kappa shape index (κ2) is 9.31. The molecule has 2 aromatic carbocycles. The first kappa shape index (κ1) is 19.1. The molecule has 0 aliphatic carbocycles. The van der Waals surface area contributed by atoms with Crippen LogP contribution in [0.5, 0.6) is 5.75 Å². The van der Waals surface area contributed by atoms with Crippen molar-refractivity contribution in [1.29, 1.82) is 0 Å². The molecule has 5 heteroatoms. The first-order chi connectivity index (χ1) is 13.2. The summed E-state index contributed by atoms with van der Waals surface area (Å²) in [5.41, 5.74) is 2.72. The summed E-state index contributed by atoms with van der Waals surface area (Å²) in [4.78, 5) is 15.1. The summed E-state index contributed by atoms with van der Waals surface area (Å²) < 4.78 is 10.9. The average molecular weight is 363 g/mol. The number of piperidine rings is 1. The Morgan fingerprint density at radius 1 is 0.963 bits per heavy atom. The van der Waals surface area contributed by atoms with E-state index in [-0.39, 0.29) is 5.78 Å². The Morgan fingerprint density at radius 2 is 1.59 bits per heavy atom. The van der Waals surface area contributed by atoms with Gasteiger partial charge in [-0.25, -0.2) is 0 Å². The minimum atomic E-state index is -0.0561. The molecule has 1 aliphatic heterocycles. The third-order valence-corrected chi connectivity index (χ3v) is 4.81. The second-order valence-electron chi connectivity index (χ2n) is 6.63. The molecule has 0 radical (unpaired) electrons. The predicted molar refractivity (Wildman–Crippen MR) is 112 cm³/mol. The molecule has 140 valence electrons. The zero-order chi connectivity index (χ0) is 19.1. The first-order valence-electron chi connectivity index (χ1n) is 9.59. The molecule has 1 saturated heterocycles. The van der Waals surface area contributed by atoms with Gasteiger partial charge in [0.2, 0.25) is 0 Å². The fourth-order valence-electron chi connectivity index (χ4n) is 3.31. The molecule has 0 saturated carbocycles. The van der Waals surface area contributed by atoms with Crippen LogP contribution in [0.3, 0.4) is 0 Å². The van der Waals surface area contributed by atoms with Crippen molar-refractivity contribution >= 4 is 24.7 Å². The number of methoxy groups -OCH3 is 1. The third-order valence-electron chi connectivity index (χ3n) is 4.81. The Bertz CT molecular complexity index is 778. The summed E-state index contributed by atoms with van der Waals surface area (Å²) in [6, 6.07) is 15.4. The van der Waals surface area contributed by atoms with E-state index in [0.717, 1.165) is 24.4 Å². The smallest absolute Gasteiger partial charge is 0.336 e. The molecule has 0 unspecified atom stereocenters. The highest BCUT2D eigenvalue weighted by Gasteiger charge is 2.12. The number of benzene rings is 2. The van der Waals surface area contributed by atoms with E-state index in [2.05, 4.69) is 4.90 Å². The van der Waals surface area contributed by atoms with Gasteiger partial charge in [0, 0.05) is 36.0 Å². The summed E-state index contributed by atoms with van der Waals surface area (Å²) in [6.07, 6.45) is 5.36. The van der Waals surface area contributed by atoms with Crippen molar-refractivity contribution in [2.24, 2.45) is 0 Å². The molecule has 3 rings (SSSR count). The lowest BCUT2D eigenvalue weighted by atomic mass is 10.0. The van der Waals surface area contributed by atoms with Gasteiger partial charge >= 0.3 is 7.48 Å². The normalized spacial score (nSPS) is 14.6. The van der Waals surface area contributed by atoms with E-state index in [0.29, 0.717) is 18.8 Å². The number of hydrogen-bond donors (Lipinski definition) is 0. The first-order valence-corrected chi connectivity index (χ1v) is 9.59. The Hall–Kier alpha value is -2.69. The molecule has 0 bridgehead atoms. The van der Waals surface area contributed by atoms with Crippen LogP contribution < -0.4 is 9.64 Å². The molecular formula is C22H26BNO3. The van der Waals surface area contributed by atoms with Crippen LogP contribution >= 0.6 is 0 Å². The molecule has 0 atom stereocenters. The number of ether oxygens (including phenoxy) is 1. The largest absolute Gasteiger partial charge is 0.564 e. The standard InChI is InChI=1S/C22H26BNO3/c1-23-27-22(18-8-12-20(26-2)13-9-18)16-21(25)17-6-10-19(11-7-17)24-14-4-3-5-15-24/h6-13,16,23H,3-5,14-15H2,1-2H3/b22-16-. The van der Waals surface area contributed by atoms with Crippen LogP contribution in [0.1, 0.15) is 35.2 Å². The van der Waals surface area contributed by atoms with Crippen LogP contribution in [0, 0.1) is 0 Å². The number of rotatable bonds is 7. The van der Waals surface area contributed by atoms with Gasteiger partial charge in [-0.2, -0.15) is 0 Å². The van der Waals surface area contributed by atoms with E-state index < -0.39 is 0 Å². The van der Waals surface area contributed by atoms with Crippen molar-refractivity contribution in [2.75, 3.05) is 25.1 Å². The van der Waals surface area contributed by atoms with E-state index in [1.807, 2.05) is 55.4 Å². The van der Waals surface area contributed by atoms with E-state index in [1.165, 1.54) is 24.9 Å². The minimum absolute atomic E-state index is 0.0561. The van der Waals surface area contributed by atoms with Crippen LogP contribution in [-0.4, -0.2) is 33.5 Å². The van der Waals surface area contributed by atoms with Crippen LogP contribution in [0.2, 0.25) is 6.82 Å². The number of ketones is 1. The minimum Gasteiger partial charge on any atom is -0.564 e. The monoisotopic (exact) mass is 363 g/mol. The van der Waals surface area contributed by atoms with Gasteiger partial charge in [-0.1, -0.05) is 6.82 Å². The maximum Gasteiger partial charge on any atom is 0.336 e. The zero-order valence-electron chi connectivity index (χ0n) is 16.1. The lowest BCUT2D eigenvalue weighted by Crippen LogP contribution is -2.29. The van der Waals surface area contributed by atoms with Gasteiger partial charge in [0.05, 0.1) is 7.11 Å². The van der Waals surface area contributed by atoms with Gasteiger partial charge < -0.3 is 14.3 Å². The van der Waals surface area contributed by atoms with Gasteiger partial charge in [0.1, 0.15) is 11.5 Å². The molecule has 1 fully saturated rings. The topological polar surface area (TPSA) is 38.8 Å². The molecule has 0 spiro atoms. The van der Waals surface area contributed by atoms with Gasteiger partial charge in [-0.15, -0.1) is 0 Å². The van der Waals surface area contributed by atoms with E-state index in [4.69, 9.17) is 9.39 Å². The fourth-order valence-corrected chi connectivity index (χ4v) is 3.31. The Labute approximate surface area is 162 Å². The van der Waals surface area contributed by atoms with Gasteiger partial charge in [-0.05, 0) is 67.8 Å². The lowest BCUT2D eigenvalue weighted by Gasteiger charge is -2.28. The molecule has 1 aliphatic rings. The molecule has 0 amide bonds. The summed E-state index contributed by atoms with van der Waals surface area (Å²) in [5, 5.41) is 0. The number of hydrogen-bond acceptors (Lipinski definition) is 4. The second-order valence-corrected chi connectivity index (χ2v) is 6.63. The Kier molecular flexibility index (Phi) is 6.58. The predicted octanol–water partition coefficient (Wildman–Crippen LogP) is 4.33. The summed E-state index contributed by atoms with van der Waals surface area (Å²) in [7, 11) is 2.13. The number of carbonyl (C=O) groups is 1. The van der Waals surface area contributed by atoms with Gasteiger partial charge in [0.15, 0.2) is 5.78 Å². The lowest BCUT2D eigenvalue weighted by molar-refractivity contribution is 0.104. The van der Waals surface area contributed by atoms with Crippen LogP contribution in [0.15, 0.2) is 54.6 Å². The highest BCUT2D eigenvalue weighted by atomic mass is 16.5. The third kappa shape index (κ3) is 4.94. The molecular weight excluding hydrogens is 337 g/mol. The van der Waals surface area contributed by atoms with Crippen molar-refractivity contribution in [2.45, 2.75) is 26.1 Å². The number of nitrogens with zero attached hydrogens (tertiary/aromatic N) is 1. The summed E-state index contributed by atoms with van der Waals surface area (Å²) >= 11 is 0. The number of anilines is 1. The van der Waals surface area contributed by atoms with Crippen LogP contribution in [0.25, 0.3) is 5.76 Å². The van der Waals surface area contributed by atoms with E-state index >= 15 is 0 Å². The Balaban J connectivity index is 1.77. The highest BCUT2D eigenvalue weighted by Crippen LogP contribution is 2.23. The SMILES string of the molecule is CBO/C(=C\C(=O)c1ccc(N2CCCCC2)cc1)c1ccc(OC)cc1.